The van der Waals surface area contributed by atoms with Crippen molar-refractivity contribution in [3.05, 3.63) is 65.2 Å². The number of hydrogen-bond donors (Lipinski definition) is 2. The molecule has 0 unspecified atom stereocenters. The van der Waals surface area contributed by atoms with Crippen molar-refractivity contribution >= 4 is 17.5 Å². The third-order valence-electron chi connectivity index (χ3n) is 3.28. The van der Waals surface area contributed by atoms with Crippen LogP contribution in [0.3, 0.4) is 0 Å². The highest BCUT2D eigenvalue weighted by atomic mass is 19.4. The van der Waals surface area contributed by atoms with Crippen LogP contribution in [-0.4, -0.2) is 18.9 Å². The lowest BCUT2D eigenvalue weighted by atomic mass is 10.1. The number of amides is 2. The van der Waals surface area contributed by atoms with Gasteiger partial charge in [-0.05, 0) is 35.9 Å². The second-order valence-electron chi connectivity index (χ2n) is 5.08. The highest BCUT2D eigenvalue weighted by Gasteiger charge is 2.30. The van der Waals surface area contributed by atoms with Crippen molar-refractivity contribution in [1.82, 2.24) is 5.32 Å². The summed E-state index contributed by atoms with van der Waals surface area (Å²) >= 11 is 0. The van der Waals surface area contributed by atoms with E-state index >= 15 is 0 Å². The Morgan fingerprint density at radius 2 is 1.71 bits per heavy atom. The molecule has 2 N–H and O–H groups in total. The summed E-state index contributed by atoms with van der Waals surface area (Å²) in [6.07, 6.45) is -4.62. The number of carbonyl (C=O) groups excluding carboxylic acids is 2. The molecular formula is C17H15F3N2O2. The van der Waals surface area contributed by atoms with Gasteiger partial charge in [0.25, 0.3) is 5.91 Å². The lowest BCUT2D eigenvalue weighted by Gasteiger charge is -2.09. The van der Waals surface area contributed by atoms with Crippen LogP contribution in [-0.2, 0) is 17.4 Å². The van der Waals surface area contributed by atoms with Crippen LogP contribution in [0.25, 0.3) is 0 Å². The Morgan fingerprint density at radius 3 is 2.29 bits per heavy atom. The molecule has 0 fully saturated rings. The minimum atomic E-state index is -4.44. The summed E-state index contributed by atoms with van der Waals surface area (Å²) < 4.78 is 38.0. The van der Waals surface area contributed by atoms with Crippen molar-refractivity contribution in [2.24, 2.45) is 0 Å². The average Bonchev–Trinajstić information content (AvgIpc) is 2.54. The number of carbonyl (C=O) groups is 2. The molecule has 0 spiro atoms. The third-order valence-corrected chi connectivity index (χ3v) is 3.28. The van der Waals surface area contributed by atoms with Crippen LogP contribution in [0.15, 0.2) is 48.5 Å². The molecule has 0 aromatic heterocycles. The summed E-state index contributed by atoms with van der Waals surface area (Å²) in [6, 6.07) is 10.8. The lowest BCUT2D eigenvalue weighted by Crippen LogP contribution is -2.18. The first kappa shape index (κ1) is 17.5. The lowest BCUT2D eigenvalue weighted by molar-refractivity contribution is -0.137. The van der Waals surface area contributed by atoms with Crippen molar-refractivity contribution in [1.29, 1.82) is 0 Å². The minimum absolute atomic E-state index is 0.179. The second kappa shape index (κ2) is 7.16. The van der Waals surface area contributed by atoms with Gasteiger partial charge in [-0.3, -0.25) is 9.59 Å². The van der Waals surface area contributed by atoms with Crippen molar-refractivity contribution in [2.45, 2.75) is 12.6 Å². The molecule has 0 aliphatic carbocycles. The normalized spacial score (nSPS) is 11.0. The van der Waals surface area contributed by atoms with Crippen LogP contribution in [0.4, 0.5) is 18.9 Å². The Bertz CT molecular complexity index is 740. The first-order chi connectivity index (χ1) is 11.3. The van der Waals surface area contributed by atoms with E-state index in [4.69, 9.17) is 0 Å². The van der Waals surface area contributed by atoms with Crippen LogP contribution >= 0.6 is 0 Å². The van der Waals surface area contributed by atoms with Crippen molar-refractivity contribution in [3.63, 3.8) is 0 Å². The zero-order valence-corrected chi connectivity index (χ0v) is 12.8. The highest BCUT2D eigenvalue weighted by Crippen LogP contribution is 2.29. The van der Waals surface area contributed by atoms with Gasteiger partial charge >= 0.3 is 6.18 Å². The number of benzene rings is 2. The van der Waals surface area contributed by atoms with Crippen LogP contribution < -0.4 is 10.6 Å². The van der Waals surface area contributed by atoms with E-state index in [0.717, 1.165) is 12.1 Å². The maximum Gasteiger partial charge on any atom is 0.416 e. The molecule has 0 radical (unpaired) electrons. The van der Waals surface area contributed by atoms with Gasteiger partial charge in [0.1, 0.15) is 0 Å². The zero-order chi connectivity index (χ0) is 17.7. The molecule has 2 amide bonds. The summed E-state index contributed by atoms with van der Waals surface area (Å²) in [5, 5.41) is 5.05. The molecule has 2 aromatic carbocycles. The Morgan fingerprint density at radius 1 is 1.04 bits per heavy atom. The fourth-order valence-electron chi connectivity index (χ4n) is 2.10. The summed E-state index contributed by atoms with van der Waals surface area (Å²) in [6.45, 7) is 0. The predicted octanol–water partition coefficient (Wildman–Crippen LogP) is 3.25. The SMILES string of the molecule is CNC(=O)c1ccc(NC(=O)Cc2cccc(C(F)(F)F)c2)cc1. The van der Waals surface area contributed by atoms with Gasteiger partial charge in [-0.2, -0.15) is 13.2 Å². The first-order valence-corrected chi connectivity index (χ1v) is 7.08. The number of hydrogen-bond acceptors (Lipinski definition) is 2. The van der Waals surface area contributed by atoms with E-state index < -0.39 is 17.6 Å². The Kier molecular flexibility index (Phi) is 5.23. The Labute approximate surface area is 136 Å². The van der Waals surface area contributed by atoms with Gasteiger partial charge in [-0.15, -0.1) is 0 Å². The fourth-order valence-corrected chi connectivity index (χ4v) is 2.10. The summed E-state index contributed by atoms with van der Waals surface area (Å²) in [4.78, 5) is 23.4. The standard InChI is InChI=1S/C17H15F3N2O2/c1-21-16(24)12-5-7-14(8-6-12)22-15(23)10-11-3-2-4-13(9-11)17(18,19)20/h2-9H,10H2,1H3,(H,21,24)(H,22,23). The zero-order valence-electron chi connectivity index (χ0n) is 12.8. The quantitative estimate of drug-likeness (QED) is 0.900. The van der Waals surface area contributed by atoms with Crippen LogP contribution in [0, 0.1) is 0 Å². The summed E-state index contributed by atoms with van der Waals surface area (Å²) in [5.41, 5.74) is 0.375. The van der Waals surface area contributed by atoms with Crippen LogP contribution in [0.1, 0.15) is 21.5 Å². The van der Waals surface area contributed by atoms with Gasteiger partial charge < -0.3 is 10.6 Å². The van der Waals surface area contributed by atoms with Crippen molar-refractivity contribution in [3.8, 4) is 0 Å². The molecular weight excluding hydrogens is 321 g/mol. The average molecular weight is 336 g/mol. The van der Waals surface area contributed by atoms with Gasteiger partial charge in [0.15, 0.2) is 0 Å². The van der Waals surface area contributed by atoms with E-state index in [2.05, 4.69) is 10.6 Å². The van der Waals surface area contributed by atoms with E-state index in [1.807, 2.05) is 0 Å². The van der Waals surface area contributed by atoms with Crippen molar-refractivity contribution < 1.29 is 22.8 Å². The topological polar surface area (TPSA) is 58.2 Å². The third kappa shape index (κ3) is 4.58. The molecule has 0 saturated heterocycles. The van der Waals surface area contributed by atoms with Gasteiger partial charge in [0, 0.05) is 18.3 Å². The number of halogens is 3. The van der Waals surface area contributed by atoms with Crippen LogP contribution in [0.2, 0.25) is 0 Å². The summed E-state index contributed by atoms with van der Waals surface area (Å²) in [7, 11) is 1.51. The van der Waals surface area contributed by atoms with E-state index in [-0.39, 0.29) is 17.9 Å². The molecule has 2 aromatic rings. The number of alkyl halides is 3. The van der Waals surface area contributed by atoms with E-state index in [1.54, 1.807) is 24.3 Å². The molecule has 7 heteroatoms. The predicted molar refractivity (Wildman–Crippen MR) is 83.6 cm³/mol. The maximum absolute atomic E-state index is 12.7. The largest absolute Gasteiger partial charge is 0.416 e. The second-order valence-corrected chi connectivity index (χ2v) is 5.08. The maximum atomic E-state index is 12.7. The summed E-state index contributed by atoms with van der Waals surface area (Å²) in [5.74, 6) is -0.696. The van der Waals surface area contributed by atoms with Gasteiger partial charge in [-0.25, -0.2) is 0 Å². The minimum Gasteiger partial charge on any atom is -0.355 e. The smallest absolute Gasteiger partial charge is 0.355 e. The van der Waals surface area contributed by atoms with Gasteiger partial charge in [0.2, 0.25) is 5.91 Å². The number of rotatable bonds is 4. The molecule has 2 rings (SSSR count). The van der Waals surface area contributed by atoms with Gasteiger partial charge in [-0.1, -0.05) is 18.2 Å². The molecule has 126 valence electrons. The highest BCUT2D eigenvalue weighted by molar-refractivity contribution is 5.96. The Hall–Kier alpha value is -2.83. The molecule has 0 aliphatic heterocycles. The molecule has 0 atom stereocenters. The fraction of sp³-hybridized carbons (Fsp3) is 0.176. The first-order valence-electron chi connectivity index (χ1n) is 7.08. The van der Waals surface area contributed by atoms with Crippen molar-refractivity contribution in [2.75, 3.05) is 12.4 Å². The Balaban J connectivity index is 2.02. The van der Waals surface area contributed by atoms with Gasteiger partial charge in [0.05, 0.1) is 12.0 Å². The number of nitrogens with one attached hydrogen (secondary N) is 2. The number of anilines is 1. The molecule has 0 heterocycles. The molecule has 0 aliphatic rings. The molecule has 0 bridgehead atoms. The molecule has 4 nitrogen and oxygen atoms in total. The molecule has 0 saturated carbocycles. The molecule has 24 heavy (non-hydrogen) atoms. The van der Waals surface area contributed by atoms with E-state index in [0.29, 0.717) is 11.3 Å². The van der Waals surface area contributed by atoms with E-state index in [1.165, 1.54) is 19.2 Å². The monoisotopic (exact) mass is 336 g/mol. The van der Waals surface area contributed by atoms with Crippen LogP contribution in [0.5, 0.6) is 0 Å². The van der Waals surface area contributed by atoms with E-state index in [9.17, 15) is 22.8 Å².